The van der Waals surface area contributed by atoms with Crippen molar-refractivity contribution in [1.29, 1.82) is 0 Å². The van der Waals surface area contributed by atoms with Crippen molar-refractivity contribution in [2.75, 3.05) is 6.61 Å². The van der Waals surface area contributed by atoms with Crippen LogP contribution in [0.5, 0.6) is 0 Å². The van der Waals surface area contributed by atoms with E-state index in [0.717, 1.165) is 11.1 Å². The molecule has 34 heavy (non-hydrogen) atoms. The van der Waals surface area contributed by atoms with Gasteiger partial charge in [0.1, 0.15) is 0 Å². The number of carbonyl (C=O) groups is 2. The first-order valence-corrected chi connectivity index (χ1v) is 11.7. The minimum Gasteiger partial charge on any atom is -0.466 e. The number of ether oxygens (including phenoxy) is 1. The molecule has 0 aliphatic rings. The number of nitro benzene ring substituents is 1. The Hall–Kier alpha value is -3.73. The summed E-state index contributed by atoms with van der Waals surface area (Å²) in [6.45, 7) is 4.08. The summed E-state index contributed by atoms with van der Waals surface area (Å²) in [6, 6.07) is 14.2. The zero-order valence-corrected chi connectivity index (χ0v) is 19.7. The molecule has 0 aliphatic heterocycles. The number of thioether (sulfide) groups is 1. The molecule has 10 nitrogen and oxygen atoms in total. The maximum atomic E-state index is 12.2. The second-order valence-electron chi connectivity index (χ2n) is 7.37. The van der Waals surface area contributed by atoms with E-state index in [1.165, 1.54) is 23.9 Å². The van der Waals surface area contributed by atoms with Gasteiger partial charge < -0.3 is 10.1 Å². The van der Waals surface area contributed by atoms with Crippen molar-refractivity contribution in [1.82, 2.24) is 20.1 Å². The Kier molecular flexibility index (Phi) is 8.74. The molecule has 0 saturated carbocycles. The Labute approximate surface area is 200 Å². The molecule has 0 bridgehead atoms. The number of carbonyl (C=O) groups excluding carboxylic acids is 2. The third kappa shape index (κ3) is 6.88. The largest absolute Gasteiger partial charge is 0.466 e. The number of benzene rings is 2. The van der Waals surface area contributed by atoms with E-state index >= 15 is 0 Å². The molecular weight excluding hydrogens is 458 g/mol. The molecule has 1 amide bonds. The van der Waals surface area contributed by atoms with E-state index in [-0.39, 0.29) is 37.6 Å². The normalized spacial score (nSPS) is 10.6. The summed E-state index contributed by atoms with van der Waals surface area (Å²) >= 11 is 1.47. The fourth-order valence-electron chi connectivity index (χ4n) is 3.16. The van der Waals surface area contributed by atoms with Crippen LogP contribution in [-0.4, -0.2) is 38.2 Å². The highest BCUT2D eigenvalue weighted by Gasteiger charge is 2.17. The quantitative estimate of drug-likeness (QED) is 0.189. The Morgan fingerprint density at radius 1 is 1.15 bits per heavy atom. The van der Waals surface area contributed by atoms with E-state index in [4.69, 9.17) is 4.74 Å². The molecule has 0 spiro atoms. The zero-order valence-electron chi connectivity index (χ0n) is 18.9. The lowest BCUT2D eigenvalue weighted by Gasteiger charge is -2.11. The first-order valence-electron chi connectivity index (χ1n) is 10.7. The molecule has 1 aromatic heterocycles. The van der Waals surface area contributed by atoms with Gasteiger partial charge in [0.2, 0.25) is 5.91 Å². The number of hydrogen-bond acceptors (Lipinski definition) is 8. The molecule has 0 saturated heterocycles. The number of amides is 1. The van der Waals surface area contributed by atoms with Gasteiger partial charge in [-0.15, -0.1) is 10.2 Å². The van der Waals surface area contributed by atoms with E-state index in [1.807, 2.05) is 25.1 Å². The zero-order chi connectivity index (χ0) is 24.5. The number of rotatable bonds is 11. The molecule has 11 heteroatoms. The molecule has 3 rings (SSSR count). The summed E-state index contributed by atoms with van der Waals surface area (Å²) < 4.78 is 6.60. The highest BCUT2D eigenvalue weighted by molar-refractivity contribution is 7.98. The van der Waals surface area contributed by atoms with Crippen molar-refractivity contribution in [3.05, 3.63) is 75.6 Å². The van der Waals surface area contributed by atoms with Crippen LogP contribution in [0.4, 0.5) is 5.69 Å². The van der Waals surface area contributed by atoms with Gasteiger partial charge in [-0.2, -0.15) is 0 Å². The first-order chi connectivity index (χ1) is 16.4. The number of aromatic nitrogens is 3. The summed E-state index contributed by atoms with van der Waals surface area (Å²) in [6.07, 6.45) is -0.00816. The number of nitrogens with one attached hydrogen (secondary N) is 1. The highest BCUT2D eigenvalue weighted by atomic mass is 32.2. The van der Waals surface area contributed by atoms with Gasteiger partial charge in [0.15, 0.2) is 11.0 Å². The van der Waals surface area contributed by atoms with Crippen LogP contribution in [0.3, 0.4) is 0 Å². The third-order valence-electron chi connectivity index (χ3n) is 4.77. The van der Waals surface area contributed by atoms with Crippen molar-refractivity contribution in [2.24, 2.45) is 0 Å². The number of nitrogens with zero attached hydrogens (tertiary/aromatic N) is 4. The van der Waals surface area contributed by atoms with Crippen molar-refractivity contribution in [3.8, 4) is 5.69 Å². The molecule has 0 atom stereocenters. The summed E-state index contributed by atoms with van der Waals surface area (Å²) in [5.74, 6) is 0.366. The van der Waals surface area contributed by atoms with Crippen molar-refractivity contribution < 1.29 is 19.2 Å². The fraction of sp³-hybridized carbons (Fsp3) is 0.304. The second kappa shape index (κ2) is 11.9. The van der Waals surface area contributed by atoms with Gasteiger partial charge >= 0.3 is 5.97 Å². The van der Waals surface area contributed by atoms with E-state index in [9.17, 15) is 19.7 Å². The van der Waals surface area contributed by atoms with Gasteiger partial charge in [0.05, 0.1) is 24.5 Å². The van der Waals surface area contributed by atoms with Crippen LogP contribution in [-0.2, 0) is 26.6 Å². The lowest BCUT2D eigenvalue weighted by Crippen LogP contribution is -2.25. The Morgan fingerprint density at radius 3 is 2.59 bits per heavy atom. The van der Waals surface area contributed by atoms with Gasteiger partial charge in [0, 0.05) is 30.0 Å². The Morgan fingerprint density at radius 2 is 1.91 bits per heavy atom. The van der Waals surface area contributed by atoms with Gasteiger partial charge in [-0.25, -0.2) is 0 Å². The Bertz CT molecular complexity index is 1160. The van der Waals surface area contributed by atoms with Crippen LogP contribution in [0.15, 0.2) is 53.7 Å². The van der Waals surface area contributed by atoms with Crippen LogP contribution < -0.4 is 5.32 Å². The Balaban J connectivity index is 1.77. The summed E-state index contributed by atoms with van der Waals surface area (Å²) in [5.41, 5.74) is 2.89. The van der Waals surface area contributed by atoms with Gasteiger partial charge in [-0.1, -0.05) is 41.6 Å². The average Bonchev–Trinajstić information content (AvgIpc) is 3.23. The van der Waals surface area contributed by atoms with Crippen molar-refractivity contribution >= 4 is 29.3 Å². The summed E-state index contributed by atoms with van der Waals surface area (Å²) in [4.78, 5) is 34.2. The van der Waals surface area contributed by atoms with E-state index in [2.05, 4.69) is 21.6 Å². The molecule has 0 fully saturated rings. The summed E-state index contributed by atoms with van der Waals surface area (Å²) in [5, 5.41) is 22.9. The van der Waals surface area contributed by atoms with Crippen LogP contribution in [0.1, 0.15) is 36.7 Å². The van der Waals surface area contributed by atoms with E-state index in [1.54, 1.807) is 23.6 Å². The molecule has 3 aromatic rings. The maximum absolute atomic E-state index is 12.2. The molecule has 0 unspecified atom stereocenters. The van der Waals surface area contributed by atoms with E-state index in [0.29, 0.717) is 22.4 Å². The lowest BCUT2D eigenvalue weighted by atomic mass is 10.2. The number of aryl methyl sites for hydroxylation is 1. The molecule has 1 N–H and O–H groups in total. The average molecular weight is 484 g/mol. The smallest absolute Gasteiger partial charge is 0.306 e. The number of non-ortho nitro benzene ring substituents is 1. The number of hydrogen-bond donors (Lipinski definition) is 1. The topological polar surface area (TPSA) is 129 Å². The first kappa shape index (κ1) is 24.9. The summed E-state index contributed by atoms with van der Waals surface area (Å²) in [7, 11) is 0. The van der Waals surface area contributed by atoms with E-state index < -0.39 is 10.9 Å². The molecule has 2 aromatic carbocycles. The van der Waals surface area contributed by atoms with Crippen LogP contribution in [0, 0.1) is 17.0 Å². The highest BCUT2D eigenvalue weighted by Crippen LogP contribution is 2.26. The predicted molar refractivity (Wildman–Crippen MR) is 126 cm³/mol. The van der Waals surface area contributed by atoms with Gasteiger partial charge in [-0.05, 0) is 31.5 Å². The van der Waals surface area contributed by atoms with Crippen LogP contribution in [0.25, 0.3) is 5.69 Å². The molecule has 1 heterocycles. The lowest BCUT2D eigenvalue weighted by molar-refractivity contribution is -0.384. The van der Waals surface area contributed by atoms with Gasteiger partial charge in [0.25, 0.3) is 5.69 Å². The minimum atomic E-state index is -0.464. The monoisotopic (exact) mass is 483 g/mol. The van der Waals surface area contributed by atoms with Crippen molar-refractivity contribution in [2.45, 2.75) is 44.1 Å². The second-order valence-corrected chi connectivity index (χ2v) is 8.31. The number of nitro groups is 1. The van der Waals surface area contributed by atoms with Crippen LogP contribution >= 0.6 is 11.8 Å². The molecule has 0 radical (unpaired) electrons. The SMILES string of the molecule is CCOC(=O)CCC(=O)NCc1nnc(SCc2cccc(C)c2)n1-c1ccc([N+](=O)[O-])cc1. The van der Waals surface area contributed by atoms with Crippen LogP contribution in [0.2, 0.25) is 0 Å². The predicted octanol–water partition coefficient (Wildman–Crippen LogP) is 3.74. The molecule has 0 aliphatic carbocycles. The van der Waals surface area contributed by atoms with Gasteiger partial charge in [-0.3, -0.25) is 24.3 Å². The standard InChI is InChI=1S/C23H25N5O5S/c1-3-33-22(30)12-11-21(29)24-14-20-25-26-23(34-15-17-6-4-5-16(2)13-17)27(20)18-7-9-19(10-8-18)28(31)32/h4-10,13H,3,11-12,14-15H2,1-2H3,(H,24,29). The molecule has 178 valence electrons. The van der Waals surface area contributed by atoms with Crippen molar-refractivity contribution in [3.63, 3.8) is 0 Å². The molecular formula is C23H25N5O5S. The maximum Gasteiger partial charge on any atom is 0.306 e. The fourth-order valence-corrected chi connectivity index (χ4v) is 4.07. The third-order valence-corrected chi connectivity index (χ3v) is 5.77. The number of esters is 1. The minimum absolute atomic E-state index is 0.000528.